The second kappa shape index (κ2) is 9.70. The molecule has 7 rings (SSSR count). The number of nitrogens with one attached hydrogen (secondary N) is 2. The zero-order valence-electron chi connectivity index (χ0n) is 21.6. The van der Waals surface area contributed by atoms with Gasteiger partial charge in [0, 0.05) is 49.5 Å². The molecule has 2 fully saturated rings. The van der Waals surface area contributed by atoms with Crippen molar-refractivity contribution in [2.45, 2.75) is 30.6 Å². The Kier molecular flexibility index (Phi) is 5.99. The summed E-state index contributed by atoms with van der Waals surface area (Å²) in [6, 6.07) is 11.7. The number of aliphatic hydroxyl groups excluding tert-OH is 1. The van der Waals surface area contributed by atoms with Crippen molar-refractivity contribution in [2.24, 2.45) is 7.05 Å². The normalized spacial score (nSPS) is 23.1. The Morgan fingerprint density at radius 1 is 1.23 bits per heavy atom. The Morgan fingerprint density at radius 3 is 2.85 bits per heavy atom. The quantitative estimate of drug-likeness (QED) is 0.239. The van der Waals surface area contributed by atoms with E-state index in [4.69, 9.17) is 15.2 Å². The topological polar surface area (TPSA) is 150 Å². The summed E-state index contributed by atoms with van der Waals surface area (Å²) in [5.41, 5.74) is 8.61. The highest BCUT2D eigenvalue weighted by Crippen LogP contribution is 2.39. The van der Waals surface area contributed by atoms with Crippen LogP contribution >= 0.6 is 0 Å². The summed E-state index contributed by atoms with van der Waals surface area (Å²) in [5, 5.41) is 23.3. The lowest BCUT2D eigenvalue weighted by atomic mass is 10.1. The van der Waals surface area contributed by atoms with Gasteiger partial charge >= 0.3 is 0 Å². The van der Waals surface area contributed by atoms with Gasteiger partial charge in [-0.15, -0.1) is 0 Å². The van der Waals surface area contributed by atoms with Gasteiger partial charge in [-0.3, -0.25) is 4.68 Å². The molecule has 0 saturated carbocycles. The van der Waals surface area contributed by atoms with E-state index in [1.807, 2.05) is 36.4 Å². The fourth-order valence-electron chi connectivity index (χ4n) is 5.17. The van der Waals surface area contributed by atoms with Gasteiger partial charge in [0.1, 0.15) is 48.2 Å². The third-order valence-corrected chi connectivity index (χ3v) is 7.41. The van der Waals surface area contributed by atoms with E-state index in [1.165, 1.54) is 10.9 Å². The molecule has 6 heterocycles. The number of aryl methyl sites for hydroxylation is 1. The standard InChI is InChI=1S/C27H28FN9O3/c1-36-7-6-18(35-36)17-11-37(26-22(17)25(29)31-13-32-26)27-23(28)24(38)20(40-27)12-39-16-4-2-14-3-5-21(34-19(14)8-16)33-15-9-30-10-15/h2-8,11,13,15,20,23-24,27,30,38H,9-10,12H2,1H3,(H,33,34)(H2,29,31,32)/t20-,23+,24-,27-/m1/s1. The number of nitrogens with zero attached hydrogens (tertiary/aromatic N) is 6. The predicted octanol–water partition coefficient (Wildman–Crippen LogP) is 2.02. The fraction of sp³-hybridized carbons (Fsp3) is 0.333. The molecule has 206 valence electrons. The van der Waals surface area contributed by atoms with Crippen LogP contribution in [0.4, 0.5) is 16.0 Å². The van der Waals surface area contributed by atoms with Gasteiger partial charge in [-0.2, -0.15) is 5.10 Å². The van der Waals surface area contributed by atoms with Crippen LogP contribution < -0.4 is 21.1 Å². The number of hydrogen-bond acceptors (Lipinski definition) is 10. The maximum atomic E-state index is 15.5. The number of nitrogen functional groups attached to an aromatic ring is 1. The van der Waals surface area contributed by atoms with E-state index < -0.39 is 24.6 Å². The lowest BCUT2D eigenvalue weighted by Crippen LogP contribution is -2.51. The summed E-state index contributed by atoms with van der Waals surface area (Å²) in [6.45, 7) is 1.76. The van der Waals surface area contributed by atoms with Crippen LogP contribution in [0.2, 0.25) is 0 Å². The summed E-state index contributed by atoms with van der Waals surface area (Å²) < 4.78 is 30.7. The number of benzene rings is 1. The monoisotopic (exact) mass is 545 g/mol. The first kappa shape index (κ1) is 24.7. The number of rotatable bonds is 7. The highest BCUT2D eigenvalue weighted by Gasteiger charge is 2.46. The molecule has 13 heteroatoms. The molecule has 4 aromatic heterocycles. The summed E-state index contributed by atoms with van der Waals surface area (Å²) >= 11 is 0. The Labute approximate surface area is 227 Å². The first-order chi connectivity index (χ1) is 19.4. The number of alkyl halides is 1. The van der Waals surface area contributed by atoms with Crippen LogP contribution in [0.25, 0.3) is 33.2 Å². The van der Waals surface area contributed by atoms with Crippen molar-refractivity contribution in [1.82, 2.24) is 34.6 Å². The molecule has 1 aromatic carbocycles. The molecular weight excluding hydrogens is 517 g/mol. The van der Waals surface area contributed by atoms with E-state index in [1.54, 1.807) is 24.1 Å². The molecule has 0 radical (unpaired) electrons. The molecular formula is C27H28FN9O3. The first-order valence-electron chi connectivity index (χ1n) is 13.0. The Bertz CT molecular complexity index is 1700. The minimum Gasteiger partial charge on any atom is -0.491 e. The van der Waals surface area contributed by atoms with Gasteiger partial charge < -0.3 is 35.5 Å². The summed E-state index contributed by atoms with van der Waals surface area (Å²) in [5.74, 6) is 1.58. The zero-order chi connectivity index (χ0) is 27.4. The number of aliphatic hydroxyl groups is 1. The van der Waals surface area contributed by atoms with Crippen LogP contribution in [0.1, 0.15) is 6.23 Å². The van der Waals surface area contributed by atoms with Crippen LogP contribution in [0.15, 0.2) is 55.1 Å². The molecule has 0 bridgehead atoms. The van der Waals surface area contributed by atoms with Crippen molar-refractivity contribution in [3.8, 4) is 17.0 Å². The van der Waals surface area contributed by atoms with E-state index in [0.29, 0.717) is 34.1 Å². The zero-order valence-corrected chi connectivity index (χ0v) is 21.6. The van der Waals surface area contributed by atoms with Crippen LogP contribution in [0.5, 0.6) is 5.75 Å². The number of aromatic nitrogens is 6. The molecule has 2 aliphatic rings. The van der Waals surface area contributed by atoms with Crippen molar-refractivity contribution in [2.75, 3.05) is 30.7 Å². The van der Waals surface area contributed by atoms with Gasteiger partial charge in [0.15, 0.2) is 12.4 Å². The Balaban J connectivity index is 1.11. The molecule has 4 atom stereocenters. The lowest BCUT2D eigenvalue weighted by molar-refractivity contribution is -0.0410. The van der Waals surface area contributed by atoms with Gasteiger partial charge in [-0.25, -0.2) is 19.3 Å². The summed E-state index contributed by atoms with van der Waals surface area (Å²) in [4.78, 5) is 13.1. The van der Waals surface area contributed by atoms with E-state index in [0.717, 1.165) is 29.8 Å². The molecule has 5 aromatic rings. The van der Waals surface area contributed by atoms with Gasteiger partial charge in [0.2, 0.25) is 0 Å². The average Bonchev–Trinajstić information content (AvgIpc) is 3.61. The van der Waals surface area contributed by atoms with Crippen molar-refractivity contribution >= 4 is 33.6 Å². The third kappa shape index (κ3) is 4.28. The number of pyridine rings is 1. The van der Waals surface area contributed by atoms with Crippen molar-refractivity contribution < 1.29 is 19.0 Å². The number of hydrogen-bond donors (Lipinski definition) is 4. The third-order valence-electron chi connectivity index (χ3n) is 7.41. The van der Waals surface area contributed by atoms with Crippen LogP contribution in [0.3, 0.4) is 0 Å². The van der Waals surface area contributed by atoms with Crippen molar-refractivity contribution in [1.29, 1.82) is 0 Å². The Hall–Kier alpha value is -4.33. The minimum absolute atomic E-state index is 0.0568. The average molecular weight is 546 g/mol. The Morgan fingerprint density at radius 2 is 2.08 bits per heavy atom. The molecule has 2 aliphatic heterocycles. The largest absolute Gasteiger partial charge is 0.491 e. The minimum atomic E-state index is -1.73. The number of ether oxygens (including phenoxy) is 2. The second-order valence-corrected chi connectivity index (χ2v) is 10.1. The molecule has 0 aliphatic carbocycles. The van der Waals surface area contributed by atoms with Gasteiger partial charge in [0.05, 0.1) is 22.6 Å². The molecule has 12 nitrogen and oxygen atoms in total. The SMILES string of the molecule is Cn1ccc(-c2cn([C@@H]3O[C@H](COc4ccc5ccc(NC6CNC6)nc5c4)[C@@H](O)[C@@H]3F)c3ncnc(N)c23)n1. The maximum Gasteiger partial charge on any atom is 0.173 e. The van der Waals surface area contributed by atoms with E-state index in [2.05, 4.69) is 30.7 Å². The van der Waals surface area contributed by atoms with Crippen LogP contribution in [-0.2, 0) is 11.8 Å². The molecule has 0 spiro atoms. The predicted molar refractivity (Wildman–Crippen MR) is 146 cm³/mol. The van der Waals surface area contributed by atoms with Crippen LogP contribution in [0, 0.1) is 0 Å². The number of nitrogens with two attached hydrogens (primary N) is 1. The maximum absolute atomic E-state index is 15.5. The van der Waals surface area contributed by atoms with Crippen molar-refractivity contribution in [3.05, 3.63) is 55.1 Å². The van der Waals surface area contributed by atoms with Gasteiger partial charge in [-0.1, -0.05) is 0 Å². The number of halogens is 1. The number of fused-ring (bicyclic) bond motifs is 2. The smallest absolute Gasteiger partial charge is 0.173 e. The summed E-state index contributed by atoms with van der Waals surface area (Å²) in [7, 11) is 1.80. The van der Waals surface area contributed by atoms with Crippen LogP contribution in [-0.4, -0.2) is 78.5 Å². The van der Waals surface area contributed by atoms with Crippen molar-refractivity contribution in [3.63, 3.8) is 0 Å². The molecule has 2 saturated heterocycles. The van der Waals surface area contributed by atoms with E-state index in [9.17, 15) is 5.11 Å². The molecule has 40 heavy (non-hydrogen) atoms. The van der Waals surface area contributed by atoms with Gasteiger partial charge in [-0.05, 0) is 30.3 Å². The van der Waals surface area contributed by atoms with Gasteiger partial charge in [0.25, 0.3) is 0 Å². The molecule has 0 amide bonds. The highest BCUT2D eigenvalue weighted by molar-refractivity contribution is 5.99. The first-order valence-corrected chi connectivity index (χ1v) is 13.0. The van der Waals surface area contributed by atoms with E-state index in [-0.39, 0.29) is 12.4 Å². The lowest BCUT2D eigenvalue weighted by Gasteiger charge is -2.28. The fourth-order valence-corrected chi connectivity index (χ4v) is 5.17. The summed E-state index contributed by atoms with van der Waals surface area (Å²) in [6.07, 6.45) is -0.414. The highest BCUT2D eigenvalue weighted by atomic mass is 19.1. The molecule has 0 unspecified atom stereocenters. The second-order valence-electron chi connectivity index (χ2n) is 10.1. The molecule has 5 N–H and O–H groups in total. The number of anilines is 2. The van der Waals surface area contributed by atoms with E-state index >= 15 is 4.39 Å².